The molecule has 0 unspecified atom stereocenters. The minimum absolute atomic E-state index is 0.394. The Morgan fingerprint density at radius 1 is 1.08 bits per heavy atom. The van der Waals surface area contributed by atoms with Crippen molar-refractivity contribution in [2.75, 3.05) is 11.9 Å². The molecule has 2 aromatic carbocycles. The Kier molecular flexibility index (Phi) is 6.53. The summed E-state index contributed by atoms with van der Waals surface area (Å²) in [5.74, 6) is -0.579. The van der Waals surface area contributed by atoms with E-state index in [9.17, 15) is 9.59 Å². The van der Waals surface area contributed by atoms with Crippen molar-refractivity contribution in [2.45, 2.75) is 13.3 Å². The fourth-order valence-electron chi connectivity index (χ4n) is 2.04. The van der Waals surface area contributed by atoms with Gasteiger partial charge in [0.1, 0.15) is 5.75 Å². The molecule has 3 N–H and O–H groups in total. The second-order valence-corrected chi connectivity index (χ2v) is 5.05. The van der Waals surface area contributed by atoms with Crippen LogP contribution in [0.5, 0.6) is 5.75 Å². The molecular formula is C18H19N3O4. The first-order valence-electron chi connectivity index (χ1n) is 7.72. The highest BCUT2D eigenvalue weighted by molar-refractivity contribution is 6.01. The maximum absolute atomic E-state index is 11.9. The number of carboxylic acid groups (broad SMARTS) is 1. The van der Waals surface area contributed by atoms with Crippen molar-refractivity contribution < 1.29 is 19.4 Å². The number of urea groups is 1. The van der Waals surface area contributed by atoms with Crippen LogP contribution in [0.3, 0.4) is 0 Å². The average molecular weight is 341 g/mol. The number of anilines is 1. The molecule has 0 heterocycles. The van der Waals surface area contributed by atoms with Gasteiger partial charge in [0.15, 0.2) is 6.61 Å². The number of para-hydroxylation sites is 1. The van der Waals surface area contributed by atoms with Crippen LogP contribution >= 0.6 is 0 Å². The molecule has 0 saturated heterocycles. The third-order valence-electron chi connectivity index (χ3n) is 3.21. The molecule has 0 fully saturated rings. The van der Waals surface area contributed by atoms with E-state index in [1.165, 1.54) is 0 Å². The zero-order valence-electron chi connectivity index (χ0n) is 13.7. The number of nitrogens with zero attached hydrogens (tertiary/aromatic N) is 1. The van der Waals surface area contributed by atoms with Gasteiger partial charge in [-0.25, -0.2) is 15.0 Å². The van der Waals surface area contributed by atoms with Crippen molar-refractivity contribution in [1.29, 1.82) is 0 Å². The molecule has 0 spiro atoms. The minimum Gasteiger partial charge on any atom is -0.482 e. The van der Waals surface area contributed by atoms with Gasteiger partial charge in [0.2, 0.25) is 0 Å². The van der Waals surface area contributed by atoms with E-state index in [0.29, 0.717) is 23.6 Å². The molecule has 2 aromatic rings. The largest absolute Gasteiger partial charge is 0.482 e. The van der Waals surface area contributed by atoms with E-state index in [1.54, 1.807) is 36.4 Å². The monoisotopic (exact) mass is 341 g/mol. The molecule has 0 aliphatic carbocycles. The van der Waals surface area contributed by atoms with E-state index in [2.05, 4.69) is 15.8 Å². The number of hydrazone groups is 1. The summed E-state index contributed by atoms with van der Waals surface area (Å²) < 4.78 is 5.08. The summed E-state index contributed by atoms with van der Waals surface area (Å²) in [7, 11) is 0. The summed E-state index contributed by atoms with van der Waals surface area (Å²) in [6.45, 7) is 1.53. The van der Waals surface area contributed by atoms with Crippen molar-refractivity contribution in [3.63, 3.8) is 0 Å². The van der Waals surface area contributed by atoms with E-state index in [1.807, 2.05) is 25.1 Å². The quantitative estimate of drug-likeness (QED) is 0.532. The van der Waals surface area contributed by atoms with Gasteiger partial charge in [0, 0.05) is 5.69 Å². The minimum atomic E-state index is -1.03. The van der Waals surface area contributed by atoms with Gasteiger partial charge in [-0.3, -0.25) is 0 Å². The van der Waals surface area contributed by atoms with Crippen LogP contribution in [0.1, 0.15) is 18.9 Å². The summed E-state index contributed by atoms with van der Waals surface area (Å²) in [6.07, 6.45) is 0.612. The van der Waals surface area contributed by atoms with Gasteiger partial charge < -0.3 is 15.2 Å². The van der Waals surface area contributed by atoms with Crippen LogP contribution < -0.4 is 15.5 Å². The van der Waals surface area contributed by atoms with E-state index in [0.717, 1.165) is 5.56 Å². The van der Waals surface area contributed by atoms with Crippen LogP contribution in [0.2, 0.25) is 0 Å². The van der Waals surface area contributed by atoms with Crippen molar-refractivity contribution in [3.05, 3.63) is 60.2 Å². The predicted octanol–water partition coefficient (Wildman–Crippen LogP) is 3.09. The van der Waals surface area contributed by atoms with Gasteiger partial charge >= 0.3 is 12.0 Å². The summed E-state index contributed by atoms with van der Waals surface area (Å²) in [5.41, 5.74) is 4.64. The van der Waals surface area contributed by atoms with Crippen molar-refractivity contribution in [2.24, 2.45) is 5.10 Å². The van der Waals surface area contributed by atoms with E-state index >= 15 is 0 Å². The molecule has 0 atom stereocenters. The van der Waals surface area contributed by atoms with Crippen LogP contribution in [0.25, 0.3) is 0 Å². The molecule has 0 saturated carbocycles. The summed E-state index contributed by atoms with van der Waals surface area (Å²) >= 11 is 0. The van der Waals surface area contributed by atoms with E-state index < -0.39 is 18.6 Å². The smallest absolute Gasteiger partial charge is 0.341 e. The molecule has 2 amide bonds. The fourth-order valence-corrected chi connectivity index (χ4v) is 2.04. The SMILES string of the molecule is CC/C(=N/NC(=O)Nc1ccccc1)c1ccc(OCC(=O)O)cc1. The van der Waals surface area contributed by atoms with Crippen molar-refractivity contribution in [1.82, 2.24) is 5.43 Å². The zero-order chi connectivity index (χ0) is 18.1. The molecular weight excluding hydrogens is 322 g/mol. The van der Waals surface area contributed by atoms with Gasteiger partial charge in [-0.2, -0.15) is 5.10 Å². The first-order valence-corrected chi connectivity index (χ1v) is 7.72. The molecule has 7 nitrogen and oxygen atoms in total. The number of aliphatic carboxylic acids is 1. The summed E-state index contributed by atoms with van der Waals surface area (Å²) in [4.78, 5) is 22.3. The summed E-state index contributed by atoms with van der Waals surface area (Å²) in [5, 5.41) is 15.4. The third kappa shape index (κ3) is 5.98. The molecule has 0 bridgehead atoms. The van der Waals surface area contributed by atoms with Crippen LogP contribution in [-0.2, 0) is 4.79 Å². The molecule has 0 radical (unpaired) electrons. The summed E-state index contributed by atoms with van der Waals surface area (Å²) in [6, 6.07) is 15.5. The number of ether oxygens (including phenoxy) is 1. The van der Waals surface area contributed by atoms with E-state index in [-0.39, 0.29) is 0 Å². The zero-order valence-corrected chi connectivity index (χ0v) is 13.7. The van der Waals surface area contributed by atoms with Crippen LogP contribution in [-0.4, -0.2) is 29.4 Å². The molecule has 0 aromatic heterocycles. The normalized spacial score (nSPS) is 10.8. The lowest BCUT2D eigenvalue weighted by molar-refractivity contribution is -0.139. The number of benzene rings is 2. The topological polar surface area (TPSA) is 100 Å². The maximum atomic E-state index is 11.9. The second-order valence-electron chi connectivity index (χ2n) is 5.05. The Balaban J connectivity index is 1.97. The lowest BCUT2D eigenvalue weighted by atomic mass is 10.1. The number of amides is 2. The Morgan fingerprint density at radius 3 is 2.36 bits per heavy atom. The maximum Gasteiger partial charge on any atom is 0.341 e. The number of hydrogen-bond acceptors (Lipinski definition) is 4. The number of carboxylic acids is 1. The Bertz CT molecular complexity index is 743. The fraction of sp³-hybridized carbons (Fsp3) is 0.167. The standard InChI is InChI=1S/C18H19N3O4/c1-2-16(13-8-10-15(11-9-13)25-12-17(22)23)20-21-18(24)19-14-6-4-3-5-7-14/h3-11H,2,12H2,1H3,(H,22,23)(H2,19,21,24)/b20-16-. The molecule has 25 heavy (non-hydrogen) atoms. The third-order valence-corrected chi connectivity index (χ3v) is 3.21. The first kappa shape index (κ1) is 18.0. The van der Waals surface area contributed by atoms with Gasteiger partial charge in [-0.05, 0) is 48.4 Å². The Morgan fingerprint density at radius 2 is 1.76 bits per heavy atom. The predicted molar refractivity (Wildman–Crippen MR) is 95.0 cm³/mol. The van der Waals surface area contributed by atoms with Crippen molar-refractivity contribution >= 4 is 23.4 Å². The van der Waals surface area contributed by atoms with Gasteiger partial charge in [-0.1, -0.05) is 25.1 Å². The van der Waals surface area contributed by atoms with Crippen LogP contribution in [0.4, 0.5) is 10.5 Å². The van der Waals surface area contributed by atoms with E-state index in [4.69, 9.17) is 9.84 Å². The van der Waals surface area contributed by atoms with Gasteiger partial charge in [0.25, 0.3) is 0 Å². The average Bonchev–Trinajstić information content (AvgIpc) is 2.62. The number of carbonyl (C=O) groups excluding carboxylic acids is 1. The molecule has 0 aliphatic rings. The van der Waals surface area contributed by atoms with Gasteiger partial charge in [0.05, 0.1) is 5.71 Å². The first-order chi connectivity index (χ1) is 12.1. The molecule has 7 heteroatoms. The lowest BCUT2D eigenvalue weighted by Gasteiger charge is -2.08. The van der Waals surface area contributed by atoms with Gasteiger partial charge in [-0.15, -0.1) is 0 Å². The lowest BCUT2D eigenvalue weighted by Crippen LogP contribution is -2.25. The Hall–Kier alpha value is -3.35. The van der Waals surface area contributed by atoms with Crippen LogP contribution in [0, 0.1) is 0 Å². The van der Waals surface area contributed by atoms with Crippen molar-refractivity contribution in [3.8, 4) is 5.75 Å². The second kappa shape index (κ2) is 9.07. The highest BCUT2D eigenvalue weighted by Crippen LogP contribution is 2.14. The molecule has 2 rings (SSSR count). The Labute approximate surface area is 145 Å². The molecule has 0 aliphatic heterocycles. The molecule has 130 valence electrons. The number of carbonyl (C=O) groups is 2. The highest BCUT2D eigenvalue weighted by atomic mass is 16.5. The van der Waals surface area contributed by atoms with Crippen LogP contribution in [0.15, 0.2) is 59.7 Å². The highest BCUT2D eigenvalue weighted by Gasteiger charge is 2.05. The number of nitrogens with one attached hydrogen (secondary N) is 2. The number of hydrogen-bond donors (Lipinski definition) is 3. The number of rotatable bonds is 7.